The van der Waals surface area contributed by atoms with Gasteiger partial charge in [-0.05, 0) is 45.7 Å². The van der Waals surface area contributed by atoms with Crippen molar-refractivity contribution in [3.05, 3.63) is 31.6 Å². The van der Waals surface area contributed by atoms with Crippen LogP contribution in [0.3, 0.4) is 0 Å². The minimum absolute atomic E-state index is 0.647. The highest BCUT2D eigenvalue weighted by molar-refractivity contribution is 5.35. The summed E-state index contributed by atoms with van der Waals surface area (Å²) < 4.78 is 7.42. The molecule has 1 rings (SSSR count). The highest BCUT2D eigenvalue weighted by atomic mass is 15.1. The molecule has 1 saturated carbocycles. The molecule has 0 aromatic rings. The van der Waals surface area contributed by atoms with Crippen LogP contribution in [0.15, 0.2) is 0 Å². The summed E-state index contributed by atoms with van der Waals surface area (Å²) in [4.78, 5) is 2.06. The van der Waals surface area contributed by atoms with Crippen LogP contribution in [0.4, 0.5) is 0 Å². The average Bonchev–Trinajstić information content (AvgIpc) is 2.15. The molecule has 0 heterocycles. The smallest absolute Gasteiger partial charge is 0.0315 e. The lowest BCUT2D eigenvalue weighted by Gasteiger charge is -2.13. The molecule has 0 atom stereocenters. The van der Waals surface area contributed by atoms with Crippen LogP contribution in [0.25, 0.3) is 0 Å². The van der Waals surface area contributed by atoms with Gasteiger partial charge in [-0.3, -0.25) is 0 Å². The van der Waals surface area contributed by atoms with Gasteiger partial charge < -0.3 is 4.90 Å². The topological polar surface area (TPSA) is 3.24 Å². The van der Waals surface area contributed by atoms with E-state index in [4.69, 9.17) is 1.37 Å². The highest BCUT2D eigenvalue weighted by Crippen LogP contribution is 2.22. The van der Waals surface area contributed by atoms with Crippen LogP contribution < -0.4 is 0 Å². The SMILES string of the molecule is [2H][C]1[CH][CH][CH][C]1CN(C)C. The van der Waals surface area contributed by atoms with Crippen molar-refractivity contribution in [2.24, 2.45) is 0 Å². The second-order valence-electron chi connectivity index (χ2n) is 2.43. The Balaban J connectivity index is 2.26. The van der Waals surface area contributed by atoms with Gasteiger partial charge in [0, 0.05) is 7.92 Å². The van der Waals surface area contributed by atoms with E-state index in [2.05, 4.69) is 4.90 Å². The summed E-state index contributed by atoms with van der Waals surface area (Å²) in [5, 5.41) is 0. The standard InChI is InChI=1S/C8H12N/c1-9(2)7-8-5-3-4-6-8/h3-6H,7H2,1-2H3/i5D. The summed E-state index contributed by atoms with van der Waals surface area (Å²) in [5.41, 5.74) is 0. The lowest BCUT2D eigenvalue weighted by atomic mass is 10.1. The Kier molecular flexibility index (Phi) is 2.04. The second kappa shape index (κ2) is 3.21. The number of hydrogen-bond donors (Lipinski definition) is 0. The van der Waals surface area contributed by atoms with E-state index in [1.807, 2.05) is 33.4 Å². The molecule has 1 nitrogen and oxygen atoms in total. The first-order chi connectivity index (χ1) is 4.70. The third kappa shape index (κ3) is 2.35. The van der Waals surface area contributed by atoms with Crippen LogP contribution >= 0.6 is 0 Å². The first-order valence-corrected chi connectivity index (χ1v) is 3.06. The molecule has 0 saturated heterocycles. The van der Waals surface area contributed by atoms with Gasteiger partial charge >= 0.3 is 0 Å². The zero-order valence-electron chi connectivity index (χ0n) is 6.89. The average molecular weight is 123 g/mol. The fraction of sp³-hybridized carbons (Fsp3) is 0.375. The van der Waals surface area contributed by atoms with Crippen LogP contribution in [0.1, 0.15) is 1.37 Å². The lowest BCUT2D eigenvalue weighted by molar-refractivity contribution is 0.432. The van der Waals surface area contributed by atoms with E-state index >= 15 is 0 Å². The van der Waals surface area contributed by atoms with Crippen molar-refractivity contribution in [3.8, 4) is 0 Å². The van der Waals surface area contributed by atoms with Gasteiger partial charge in [0.15, 0.2) is 0 Å². The third-order valence-corrected chi connectivity index (χ3v) is 1.15. The van der Waals surface area contributed by atoms with Gasteiger partial charge in [0.05, 0.1) is 0 Å². The molecule has 0 bridgehead atoms. The van der Waals surface area contributed by atoms with Gasteiger partial charge in [0.2, 0.25) is 0 Å². The maximum Gasteiger partial charge on any atom is 0.0315 e. The quantitative estimate of drug-likeness (QED) is 0.528. The molecule has 9 heavy (non-hydrogen) atoms. The summed E-state index contributed by atoms with van der Waals surface area (Å²) >= 11 is 0. The van der Waals surface area contributed by atoms with Crippen LogP contribution in [0.5, 0.6) is 0 Å². The van der Waals surface area contributed by atoms with Crippen LogP contribution in [-0.2, 0) is 0 Å². The molecule has 0 aromatic carbocycles. The van der Waals surface area contributed by atoms with Crippen molar-refractivity contribution in [2.75, 3.05) is 20.6 Å². The minimum atomic E-state index is 0.647. The molecule has 0 amide bonds. The summed E-state index contributed by atoms with van der Waals surface area (Å²) in [5.74, 6) is 1.10. The highest BCUT2D eigenvalue weighted by Gasteiger charge is 2.16. The van der Waals surface area contributed by atoms with Crippen LogP contribution in [-0.4, -0.2) is 25.5 Å². The first kappa shape index (κ1) is 5.72. The predicted molar refractivity (Wildman–Crippen MR) is 39.0 cm³/mol. The normalized spacial score (nSPS) is 25.4. The van der Waals surface area contributed by atoms with Crippen molar-refractivity contribution in [1.82, 2.24) is 4.90 Å². The monoisotopic (exact) mass is 123 g/mol. The zero-order chi connectivity index (χ0) is 7.56. The number of rotatable bonds is 2. The van der Waals surface area contributed by atoms with E-state index in [0.29, 0.717) is 6.40 Å². The Morgan fingerprint density at radius 1 is 1.56 bits per heavy atom. The summed E-state index contributed by atoms with van der Waals surface area (Å²) in [7, 11) is 4.01. The molecule has 49 valence electrons. The van der Waals surface area contributed by atoms with E-state index in [9.17, 15) is 0 Å². The van der Waals surface area contributed by atoms with E-state index in [1.165, 1.54) is 0 Å². The Labute approximate surface area is 59.5 Å². The summed E-state index contributed by atoms with van der Waals surface area (Å²) in [6, 6.07) is 0. The lowest BCUT2D eigenvalue weighted by Crippen LogP contribution is -2.18. The molecule has 1 aliphatic rings. The fourth-order valence-corrected chi connectivity index (χ4v) is 0.807. The van der Waals surface area contributed by atoms with Gasteiger partial charge in [0.1, 0.15) is 0 Å². The van der Waals surface area contributed by atoms with E-state index in [-0.39, 0.29) is 0 Å². The number of nitrogens with zero attached hydrogens (tertiary/aromatic N) is 1. The van der Waals surface area contributed by atoms with E-state index in [1.54, 1.807) is 0 Å². The molecular weight excluding hydrogens is 110 g/mol. The van der Waals surface area contributed by atoms with Crippen molar-refractivity contribution >= 4 is 0 Å². The molecule has 0 N–H and O–H groups in total. The molecule has 1 fully saturated rings. The molecule has 0 unspecified atom stereocenters. The molecule has 1 heteroatoms. The Bertz CT molecular complexity index is 103. The second-order valence-corrected chi connectivity index (χ2v) is 2.43. The third-order valence-electron chi connectivity index (χ3n) is 1.15. The van der Waals surface area contributed by atoms with Crippen LogP contribution in [0.2, 0.25) is 0 Å². The molecule has 1 aliphatic carbocycles. The van der Waals surface area contributed by atoms with Gasteiger partial charge in [-0.15, -0.1) is 0 Å². The molecular formula is C8H12N. The van der Waals surface area contributed by atoms with Crippen molar-refractivity contribution in [2.45, 2.75) is 0 Å². The maximum atomic E-state index is 7.42. The van der Waals surface area contributed by atoms with Crippen molar-refractivity contribution in [1.29, 1.82) is 0 Å². The largest absolute Gasteiger partial charge is 0.309 e. The van der Waals surface area contributed by atoms with E-state index < -0.39 is 0 Å². The minimum Gasteiger partial charge on any atom is -0.309 e. The van der Waals surface area contributed by atoms with Crippen molar-refractivity contribution < 1.29 is 1.37 Å². The van der Waals surface area contributed by atoms with Gasteiger partial charge in [-0.1, -0.05) is 0 Å². The predicted octanol–water partition coefficient (Wildman–Crippen LogP) is 0.953. The Morgan fingerprint density at radius 2 is 2.33 bits per heavy atom. The fourth-order valence-electron chi connectivity index (χ4n) is 0.807. The van der Waals surface area contributed by atoms with Crippen molar-refractivity contribution in [3.63, 3.8) is 0 Å². The molecule has 0 aliphatic heterocycles. The number of hydrogen-bond acceptors (Lipinski definition) is 1. The molecule has 0 aromatic heterocycles. The van der Waals surface area contributed by atoms with E-state index in [0.717, 1.165) is 12.5 Å². The van der Waals surface area contributed by atoms with Gasteiger partial charge in [-0.25, -0.2) is 0 Å². The first-order valence-electron chi connectivity index (χ1n) is 3.56. The van der Waals surface area contributed by atoms with Gasteiger partial charge in [-0.2, -0.15) is 0 Å². The Morgan fingerprint density at radius 3 is 2.78 bits per heavy atom. The summed E-state index contributed by atoms with van der Waals surface area (Å²) in [6.45, 7) is 0.867. The molecule has 5 radical (unpaired) electrons. The van der Waals surface area contributed by atoms with Crippen LogP contribution in [0, 0.1) is 31.6 Å². The zero-order valence-corrected chi connectivity index (χ0v) is 5.89. The maximum absolute atomic E-state index is 7.42. The van der Waals surface area contributed by atoms with Gasteiger partial charge in [0.25, 0.3) is 0 Å². The Hall–Kier alpha value is -0.0400. The molecule has 0 spiro atoms. The summed E-state index contributed by atoms with van der Waals surface area (Å²) in [6.07, 6.45) is 6.37.